The molecule has 0 aromatic heterocycles. The Morgan fingerprint density at radius 3 is 1.82 bits per heavy atom. The lowest BCUT2D eigenvalue weighted by Crippen LogP contribution is -2.42. The van der Waals surface area contributed by atoms with Crippen LogP contribution in [0.2, 0.25) is 0 Å². The second-order valence-corrected chi connectivity index (χ2v) is 14.4. The second kappa shape index (κ2) is 22.7. The highest BCUT2D eigenvalue weighted by Crippen LogP contribution is 2.36. The van der Waals surface area contributed by atoms with Crippen LogP contribution in [0, 0.1) is 0 Å². The van der Waals surface area contributed by atoms with Gasteiger partial charge in [0.1, 0.15) is 13.2 Å². The molecule has 0 unspecified atom stereocenters. The molecule has 230 valence electrons. The average molecular weight is 591 g/mol. The number of thioether (sulfide) groups is 2. The van der Waals surface area contributed by atoms with Gasteiger partial charge in [-0.1, -0.05) is 26.0 Å². The van der Waals surface area contributed by atoms with E-state index in [4.69, 9.17) is 9.47 Å². The fourth-order valence-electron chi connectivity index (χ4n) is 3.77. The molecule has 0 spiro atoms. The first kappa shape index (κ1) is 38.1. The Bertz CT molecular complexity index is 672. The first-order valence-electron chi connectivity index (χ1n) is 14.6. The minimum atomic E-state index is -0.245. The Balaban J connectivity index is 3.84. The van der Waals surface area contributed by atoms with Gasteiger partial charge < -0.3 is 25.0 Å². The van der Waals surface area contributed by atoms with Crippen molar-refractivity contribution < 1.29 is 19.1 Å². The van der Waals surface area contributed by atoms with Gasteiger partial charge in [0.25, 0.3) is 0 Å². The molecule has 0 heterocycles. The van der Waals surface area contributed by atoms with Crippen LogP contribution in [0.4, 0.5) is 4.79 Å². The van der Waals surface area contributed by atoms with Crippen LogP contribution in [0.25, 0.3) is 0 Å². The van der Waals surface area contributed by atoms with Crippen molar-refractivity contribution in [3.05, 3.63) is 12.2 Å². The summed E-state index contributed by atoms with van der Waals surface area (Å²) in [5.41, 5.74) is 0.236. The Morgan fingerprint density at radius 2 is 1.33 bits per heavy atom. The van der Waals surface area contributed by atoms with Gasteiger partial charge in [-0.2, -0.15) is 0 Å². The van der Waals surface area contributed by atoms with Crippen molar-refractivity contribution in [3.8, 4) is 0 Å². The normalized spacial score (nSPS) is 12.3. The molecule has 0 aliphatic heterocycles. The lowest BCUT2D eigenvalue weighted by Gasteiger charge is -2.34. The zero-order valence-corrected chi connectivity index (χ0v) is 27.7. The molecular formula is C29H58N4O4S2. The Labute approximate surface area is 248 Å². The summed E-state index contributed by atoms with van der Waals surface area (Å²) in [4.78, 5) is 27.9. The summed E-state index contributed by atoms with van der Waals surface area (Å²) in [6.07, 6.45) is 6.53. The van der Waals surface area contributed by atoms with Crippen LogP contribution in [0.3, 0.4) is 0 Å². The fraction of sp³-hybridized carbons (Fsp3) is 0.862. The number of rotatable bonds is 23. The molecule has 0 rings (SSSR count). The molecular weight excluding hydrogens is 532 g/mol. The molecule has 0 radical (unpaired) electrons. The standard InChI is InChI=1S/C29H58N4O4S2/c1-9-26(34)36-22-24-38-29(7,8)39-25-23-37-27(35)32(10-2)20-14-18-30-16-12-13-17-31-19-15-21-33(11-3)28(4,5)6/h12-13,30-31H,9-11,14-25H2,1-8H3/b13-12+. The monoisotopic (exact) mass is 590 g/mol. The highest BCUT2D eigenvalue weighted by Gasteiger charge is 2.20. The van der Waals surface area contributed by atoms with Crippen molar-refractivity contribution in [2.24, 2.45) is 0 Å². The highest BCUT2D eigenvalue weighted by atomic mass is 32.2. The summed E-state index contributed by atoms with van der Waals surface area (Å²) >= 11 is 3.49. The van der Waals surface area contributed by atoms with E-state index in [0.717, 1.165) is 63.6 Å². The van der Waals surface area contributed by atoms with Crippen LogP contribution < -0.4 is 10.6 Å². The van der Waals surface area contributed by atoms with E-state index in [9.17, 15) is 9.59 Å². The van der Waals surface area contributed by atoms with E-state index >= 15 is 0 Å². The molecule has 0 aliphatic rings. The lowest BCUT2D eigenvalue weighted by atomic mass is 10.1. The maximum atomic E-state index is 12.4. The molecule has 0 saturated heterocycles. The second-order valence-electron chi connectivity index (χ2n) is 10.7. The number of carbonyl (C=O) groups excluding carboxylic acids is 2. The van der Waals surface area contributed by atoms with Gasteiger partial charge in [0.15, 0.2) is 0 Å². The molecule has 2 N–H and O–H groups in total. The largest absolute Gasteiger partial charge is 0.465 e. The van der Waals surface area contributed by atoms with Crippen LogP contribution >= 0.6 is 23.5 Å². The van der Waals surface area contributed by atoms with Crippen molar-refractivity contribution >= 4 is 35.6 Å². The van der Waals surface area contributed by atoms with E-state index in [0.29, 0.717) is 32.7 Å². The summed E-state index contributed by atoms with van der Waals surface area (Å²) < 4.78 is 10.6. The molecule has 1 amide bonds. The van der Waals surface area contributed by atoms with Gasteiger partial charge in [0.05, 0.1) is 4.08 Å². The Morgan fingerprint density at radius 1 is 0.795 bits per heavy atom. The zero-order chi connectivity index (χ0) is 29.6. The summed E-state index contributed by atoms with van der Waals surface area (Å²) in [6.45, 7) is 25.0. The van der Waals surface area contributed by atoms with Crippen LogP contribution in [0.15, 0.2) is 12.2 Å². The lowest BCUT2D eigenvalue weighted by molar-refractivity contribution is -0.142. The van der Waals surface area contributed by atoms with E-state index in [-0.39, 0.29) is 21.7 Å². The number of esters is 1. The average Bonchev–Trinajstić information content (AvgIpc) is 2.88. The topological polar surface area (TPSA) is 83.1 Å². The van der Waals surface area contributed by atoms with Gasteiger partial charge in [-0.05, 0) is 80.6 Å². The summed E-state index contributed by atoms with van der Waals surface area (Å²) in [5.74, 6) is 1.33. The van der Waals surface area contributed by atoms with Crippen LogP contribution in [-0.4, -0.2) is 109 Å². The van der Waals surface area contributed by atoms with Crippen LogP contribution in [0.1, 0.15) is 74.7 Å². The van der Waals surface area contributed by atoms with Gasteiger partial charge in [-0.15, -0.1) is 23.5 Å². The number of ether oxygens (including phenoxy) is 2. The Kier molecular flexibility index (Phi) is 22.2. The third-order valence-electron chi connectivity index (χ3n) is 6.07. The van der Waals surface area contributed by atoms with Gasteiger partial charge in [-0.25, -0.2) is 4.79 Å². The molecule has 0 aromatic carbocycles. The molecule has 0 bridgehead atoms. The maximum absolute atomic E-state index is 12.4. The Hall–Kier alpha value is -0.940. The van der Waals surface area contributed by atoms with Crippen molar-refractivity contribution in [1.29, 1.82) is 0 Å². The third kappa shape index (κ3) is 21.5. The predicted molar refractivity (Wildman–Crippen MR) is 170 cm³/mol. The number of hydrogen-bond donors (Lipinski definition) is 2. The van der Waals surface area contributed by atoms with Gasteiger partial charge in [-0.3, -0.25) is 9.69 Å². The van der Waals surface area contributed by atoms with Gasteiger partial charge >= 0.3 is 12.1 Å². The number of carbonyl (C=O) groups is 2. The minimum Gasteiger partial charge on any atom is -0.465 e. The number of nitrogens with one attached hydrogen (secondary N) is 2. The van der Waals surface area contributed by atoms with Crippen molar-refractivity contribution in [3.63, 3.8) is 0 Å². The van der Waals surface area contributed by atoms with Crippen molar-refractivity contribution in [2.75, 3.05) is 77.1 Å². The zero-order valence-electron chi connectivity index (χ0n) is 26.1. The summed E-state index contributed by atoms with van der Waals surface area (Å²) in [7, 11) is 0. The first-order chi connectivity index (χ1) is 18.5. The van der Waals surface area contributed by atoms with Gasteiger partial charge in [0.2, 0.25) is 0 Å². The number of amides is 1. The minimum absolute atomic E-state index is 0.0334. The van der Waals surface area contributed by atoms with E-state index in [1.165, 1.54) is 0 Å². The van der Waals surface area contributed by atoms with Crippen molar-refractivity contribution in [1.82, 2.24) is 20.4 Å². The van der Waals surface area contributed by atoms with E-state index < -0.39 is 0 Å². The summed E-state index contributed by atoms with van der Waals surface area (Å²) in [6, 6.07) is 0. The van der Waals surface area contributed by atoms with Crippen molar-refractivity contribution in [2.45, 2.75) is 84.3 Å². The van der Waals surface area contributed by atoms with Crippen LogP contribution in [-0.2, 0) is 14.3 Å². The molecule has 10 heteroatoms. The smallest absolute Gasteiger partial charge is 0.409 e. The summed E-state index contributed by atoms with van der Waals surface area (Å²) in [5, 5.41) is 6.89. The van der Waals surface area contributed by atoms with Crippen LogP contribution in [0.5, 0.6) is 0 Å². The molecule has 0 aromatic rings. The quantitative estimate of drug-likeness (QED) is 0.0719. The molecule has 0 saturated carbocycles. The maximum Gasteiger partial charge on any atom is 0.409 e. The number of nitrogens with zero attached hydrogens (tertiary/aromatic N) is 2. The van der Waals surface area contributed by atoms with E-state index in [1.54, 1.807) is 35.3 Å². The third-order valence-corrected chi connectivity index (χ3v) is 8.91. The molecule has 39 heavy (non-hydrogen) atoms. The SMILES string of the molecule is CCC(=O)OCCSC(C)(C)SCCOC(=O)N(CC)CCCNC/C=C/CNCCCN(CC)C(C)(C)C. The highest BCUT2D eigenvalue weighted by molar-refractivity contribution is 8.18. The van der Waals surface area contributed by atoms with E-state index in [2.05, 4.69) is 69.2 Å². The fourth-order valence-corrected chi connectivity index (χ4v) is 5.92. The first-order valence-corrected chi connectivity index (χ1v) is 16.6. The molecule has 0 atom stereocenters. The molecule has 0 aliphatic carbocycles. The molecule has 0 fully saturated rings. The predicted octanol–water partition coefficient (Wildman–Crippen LogP) is 5.24. The van der Waals surface area contributed by atoms with E-state index in [1.807, 2.05) is 6.92 Å². The number of hydrogen-bond acceptors (Lipinski definition) is 9. The molecule has 8 nitrogen and oxygen atoms in total. The van der Waals surface area contributed by atoms with Gasteiger partial charge in [0, 0.05) is 49.6 Å².